The maximum atomic E-state index is 12.3. The van der Waals surface area contributed by atoms with Crippen molar-refractivity contribution in [2.45, 2.75) is 27.4 Å². The summed E-state index contributed by atoms with van der Waals surface area (Å²) in [6.07, 6.45) is 0. The van der Waals surface area contributed by atoms with Gasteiger partial charge in [-0.15, -0.1) is 0 Å². The SMILES string of the molecule is COc1cc(C)c(COC(=O)c2cccc(C)c2C)cc1OC. The van der Waals surface area contributed by atoms with Gasteiger partial charge in [0.15, 0.2) is 11.5 Å². The Morgan fingerprint density at radius 3 is 2.26 bits per heavy atom. The first-order valence-corrected chi connectivity index (χ1v) is 7.42. The predicted molar refractivity (Wildman–Crippen MR) is 89.3 cm³/mol. The molecule has 0 amide bonds. The molecule has 0 spiro atoms. The lowest BCUT2D eigenvalue weighted by Gasteiger charge is -2.14. The molecule has 0 saturated carbocycles. The minimum Gasteiger partial charge on any atom is -0.493 e. The van der Waals surface area contributed by atoms with Gasteiger partial charge in [0.1, 0.15) is 6.61 Å². The normalized spacial score (nSPS) is 10.3. The van der Waals surface area contributed by atoms with Gasteiger partial charge in [0.2, 0.25) is 0 Å². The molecular formula is C19H22O4. The second-order valence-corrected chi connectivity index (χ2v) is 5.46. The number of benzene rings is 2. The molecule has 0 fully saturated rings. The number of hydrogen-bond donors (Lipinski definition) is 0. The summed E-state index contributed by atoms with van der Waals surface area (Å²) in [5.74, 6) is 0.964. The Bertz CT molecular complexity index is 720. The summed E-state index contributed by atoms with van der Waals surface area (Å²) < 4.78 is 16.0. The van der Waals surface area contributed by atoms with Crippen molar-refractivity contribution in [3.05, 3.63) is 58.1 Å². The van der Waals surface area contributed by atoms with Crippen LogP contribution in [0.1, 0.15) is 32.6 Å². The molecule has 0 atom stereocenters. The van der Waals surface area contributed by atoms with Crippen molar-refractivity contribution in [3.8, 4) is 11.5 Å². The summed E-state index contributed by atoms with van der Waals surface area (Å²) in [6.45, 7) is 6.04. The van der Waals surface area contributed by atoms with Crippen LogP contribution in [0, 0.1) is 20.8 Å². The van der Waals surface area contributed by atoms with Crippen LogP contribution < -0.4 is 9.47 Å². The van der Waals surface area contributed by atoms with Crippen LogP contribution >= 0.6 is 0 Å². The number of rotatable bonds is 5. The summed E-state index contributed by atoms with van der Waals surface area (Å²) in [5.41, 5.74) is 4.49. The fraction of sp³-hybridized carbons (Fsp3) is 0.316. The Labute approximate surface area is 137 Å². The van der Waals surface area contributed by atoms with Gasteiger partial charge >= 0.3 is 5.97 Å². The van der Waals surface area contributed by atoms with E-state index >= 15 is 0 Å². The van der Waals surface area contributed by atoms with E-state index in [1.807, 2.05) is 45.0 Å². The number of carbonyl (C=O) groups is 1. The van der Waals surface area contributed by atoms with Crippen LogP contribution in [0.15, 0.2) is 30.3 Å². The maximum Gasteiger partial charge on any atom is 0.338 e. The molecule has 0 aliphatic heterocycles. The molecule has 122 valence electrons. The molecule has 2 rings (SSSR count). The van der Waals surface area contributed by atoms with E-state index in [1.54, 1.807) is 20.3 Å². The van der Waals surface area contributed by atoms with Gasteiger partial charge in [-0.05, 0) is 61.2 Å². The Morgan fingerprint density at radius 1 is 0.957 bits per heavy atom. The molecule has 0 bridgehead atoms. The van der Waals surface area contributed by atoms with Gasteiger partial charge in [0.05, 0.1) is 19.8 Å². The lowest BCUT2D eigenvalue weighted by atomic mass is 10.0. The summed E-state index contributed by atoms with van der Waals surface area (Å²) >= 11 is 0. The Hall–Kier alpha value is -2.49. The molecule has 4 heteroatoms. The summed E-state index contributed by atoms with van der Waals surface area (Å²) in [4.78, 5) is 12.3. The van der Waals surface area contributed by atoms with Gasteiger partial charge in [-0.3, -0.25) is 0 Å². The fourth-order valence-electron chi connectivity index (χ4n) is 2.37. The third-order valence-corrected chi connectivity index (χ3v) is 4.03. The Morgan fingerprint density at radius 2 is 1.61 bits per heavy atom. The number of esters is 1. The zero-order valence-electron chi connectivity index (χ0n) is 14.2. The summed E-state index contributed by atoms with van der Waals surface area (Å²) in [5, 5.41) is 0. The first-order chi connectivity index (χ1) is 11.0. The molecule has 0 aromatic heterocycles. The smallest absolute Gasteiger partial charge is 0.338 e. The van der Waals surface area contributed by atoms with E-state index in [2.05, 4.69) is 0 Å². The van der Waals surface area contributed by atoms with Gasteiger partial charge in [0.25, 0.3) is 0 Å². The first kappa shape index (κ1) is 16.9. The Balaban J connectivity index is 2.17. The van der Waals surface area contributed by atoms with Crippen LogP contribution in [0.3, 0.4) is 0 Å². The van der Waals surface area contributed by atoms with Gasteiger partial charge in [-0.25, -0.2) is 4.79 Å². The molecular weight excluding hydrogens is 292 g/mol. The lowest BCUT2D eigenvalue weighted by Crippen LogP contribution is -2.08. The van der Waals surface area contributed by atoms with Crippen molar-refractivity contribution in [3.63, 3.8) is 0 Å². The van der Waals surface area contributed by atoms with Crippen molar-refractivity contribution in [1.82, 2.24) is 0 Å². The predicted octanol–water partition coefficient (Wildman–Crippen LogP) is 3.99. The molecule has 0 aliphatic carbocycles. The van der Waals surface area contributed by atoms with Crippen molar-refractivity contribution in [2.75, 3.05) is 14.2 Å². The van der Waals surface area contributed by atoms with Gasteiger partial charge in [0, 0.05) is 0 Å². The van der Waals surface area contributed by atoms with Crippen molar-refractivity contribution in [2.24, 2.45) is 0 Å². The van der Waals surface area contributed by atoms with E-state index in [0.717, 1.165) is 22.3 Å². The molecule has 4 nitrogen and oxygen atoms in total. The fourth-order valence-corrected chi connectivity index (χ4v) is 2.37. The molecule has 23 heavy (non-hydrogen) atoms. The zero-order chi connectivity index (χ0) is 17.0. The van der Waals surface area contributed by atoms with E-state index in [9.17, 15) is 4.79 Å². The van der Waals surface area contributed by atoms with Gasteiger partial charge in [-0.1, -0.05) is 12.1 Å². The average molecular weight is 314 g/mol. The second-order valence-electron chi connectivity index (χ2n) is 5.46. The van der Waals surface area contributed by atoms with Crippen LogP contribution in [0.4, 0.5) is 0 Å². The third kappa shape index (κ3) is 3.65. The van der Waals surface area contributed by atoms with Gasteiger partial charge in [-0.2, -0.15) is 0 Å². The highest BCUT2D eigenvalue weighted by Gasteiger charge is 2.14. The van der Waals surface area contributed by atoms with Gasteiger partial charge < -0.3 is 14.2 Å². The molecule has 0 radical (unpaired) electrons. The van der Waals surface area contributed by atoms with E-state index in [-0.39, 0.29) is 12.6 Å². The molecule has 2 aromatic carbocycles. The van der Waals surface area contributed by atoms with Crippen molar-refractivity contribution in [1.29, 1.82) is 0 Å². The van der Waals surface area contributed by atoms with Crippen LogP contribution in [0.2, 0.25) is 0 Å². The first-order valence-electron chi connectivity index (χ1n) is 7.42. The molecule has 0 saturated heterocycles. The highest BCUT2D eigenvalue weighted by Crippen LogP contribution is 2.30. The quantitative estimate of drug-likeness (QED) is 0.783. The van der Waals surface area contributed by atoms with Crippen molar-refractivity contribution < 1.29 is 19.0 Å². The minimum atomic E-state index is -0.319. The van der Waals surface area contributed by atoms with E-state index < -0.39 is 0 Å². The summed E-state index contributed by atoms with van der Waals surface area (Å²) in [7, 11) is 3.18. The average Bonchev–Trinajstić information content (AvgIpc) is 2.55. The van der Waals surface area contributed by atoms with Crippen LogP contribution in [0.5, 0.6) is 11.5 Å². The topological polar surface area (TPSA) is 44.8 Å². The number of ether oxygens (including phenoxy) is 3. The van der Waals surface area contributed by atoms with E-state index in [0.29, 0.717) is 17.1 Å². The highest BCUT2D eigenvalue weighted by molar-refractivity contribution is 5.91. The molecule has 2 aromatic rings. The number of aryl methyl sites for hydroxylation is 2. The standard InChI is InChI=1S/C19H22O4/c1-12-7-6-8-16(14(12)3)19(20)23-11-15-10-18(22-5)17(21-4)9-13(15)2/h6-10H,11H2,1-5H3. The van der Waals surface area contributed by atoms with Crippen molar-refractivity contribution >= 4 is 5.97 Å². The number of methoxy groups -OCH3 is 2. The lowest BCUT2D eigenvalue weighted by molar-refractivity contribution is 0.0471. The Kier molecular flexibility index (Phi) is 5.27. The number of hydrogen-bond acceptors (Lipinski definition) is 4. The monoisotopic (exact) mass is 314 g/mol. The van der Waals surface area contributed by atoms with E-state index in [1.165, 1.54) is 0 Å². The van der Waals surface area contributed by atoms with Crippen LogP contribution in [-0.2, 0) is 11.3 Å². The van der Waals surface area contributed by atoms with Crippen LogP contribution in [-0.4, -0.2) is 20.2 Å². The second kappa shape index (κ2) is 7.18. The van der Waals surface area contributed by atoms with E-state index in [4.69, 9.17) is 14.2 Å². The zero-order valence-corrected chi connectivity index (χ0v) is 14.2. The molecule has 0 N–H and O–H groups in total. The molecule has 0 unspecified atom stereocenters. The van der Waals surface area contributed by atoms with Crippen LogP contribution in [0.25, 0.3) is 0 Å². The number of carbonyl (C=O) groups excluding carboxylic acids is 1. The maximum absolute atomic E-state index is 12.3. The summed E-state index contributed by atoms with van der Waals surface area (Å²) in [6, 6.07) is 9.34. The largest absolute Gasteiger partial charge is 0.493 e. The molecule has 0 aliphatic rings. The highest BCUT2D eigenvalue weighted by atomic mass is 16.5. The third-order valence-electron chi connectivity index (χ3n) is 4.03. The molecule has 0 heterocycles. The minimum absolute atomic E-state index is 0.193.